The Morgan fingerprint density at radius 1 is 1.00 bits per heavy atom. The smallest absolute Gasteiger partial charge is 0.142 e. The molecule has 0 unspecified atom stereocenters. The molecule has 4 N–H and O–H groups in total. The summed E-state index contributed by atoms with van der Waals surface area (Å²) in [6.45, 7) is 4.66. The lowest BCUT2D eigenvalue weighted by Crippen LogP contribution is -2.18. The van der Waals surface area contributed by atoms with Crippen LogP contribution in [-0.4, -0.2) is 24.8 Å². The SMILES string of the molecule is Cc1ccc(COc2ccc(CCCNCCCO)cc2N)cc1. The Labute approximate surface area is 144 Å². The van der Waals surface area contributed by atoms with Crippen molar-refractivity contribution < 1.29 is 9.84 Å². The summed E-state index contributed by atoms with van der Waals surface area (Å²) in [5, 5.41) is 12.0. The van der Waals surface area contributed by atoms with Crippen molar-refractivity contribution in [3.63, 3.8) is 0 Å². The first-order chi connectivity index (χ1) is 11.7. The van der Waals surface area contributed by atoms with Crippen LogP contribution in [0.3, 0.4) is 0 Å². The predicted octanol–water partition coefficient (Wildman–Crippen LogP) is 3.06. The van der Waals surface area contributed by atoms with E-state index in [4.69, 9.17) is 15.6 Å². The third kappa shape index (κ3) is 6.22. The molecule has 0 atom stereocenters. The van der Waals surface area contributed by atoms with Crippen LogP contribution < -0.4 is 15.8 Å². The van der Waals surface area contributed by atoms with Gasteiger partial charge in [0, 0.05) is 6.61 Å². The Kier molecular flexibility index (Phi) is 7.59. The van der Waals surface area contributed by atoms with Crippen LogP contribution in [0.1, 0.15) is 29.5 Å². The van der Waals surface area contributed by atoms with E-state index in [2.05, 4.69) is 42.6 Å². The van der Waals surface area contributed by atoms with Gasteiger partial charge in [-0.3, -0.25) is 0 Å². The molecule has 0 aliphatic heterocycles. The lowest BCUT2D eigenvalue weighted by Gasteiger charge is -2.11. The van der Waals surface area contributed by atoms with E-state index in [0.29, 0.717) is 12.3 Å². The molecule has 24 heavy (non-hydrogen) atoms. The number of benzene rings is 2. The third-order valence-electron chi connectivity index (χ3n) is 3.92. The van der Waals surface area contributed by atoms with Gasteiger partial charge < -0.3 is 20.9 Å². The maximum absolute atomic E-state index is 8.72. The average molecular weight is 328 g/mol. The molecule has 0 radical (unpaired) electrons. The number of nitrogens with one attached hydrogen (secondary N) is 1. The number of aliphatic hydroxyl groups excluding tert-OH is 1. The highest BCUT2D eigenvalue weighted by Crippen LogP contribution is 2.24. The van der Waals surface area contributed by atoms with Crippen molar-refractivity contribution >= 4 is 5.69 Å². The first-order valence-corrected chi connectivity index (χ1v) is 8.57. The highest BCUT2D eigenvalue weighted by Gasteiger charge is 2.03. The van der Waals surface area contributed by atoms with Crippen LogP contribution in [0.5, 0.6) is 5.75 Å². The second-order valence-electron chi connectivity index (χ2n) is 6.08. The molecule has 0 aliphatic rings. The minimum absolute atomic E-state index is 0.244. The van der Waals surface area contributed by atoms with E-state index in [1.54, 1.807) is 0 Å². The number of hydrogen-bond donors (Lipinski definition) is 3. The Morgan fingerprint density at radius 3 is 2.42 bits per heavy atom. The van der Waals surface area contributed by atoms with Crippen molar-refractivity contribution in [2.45, 2.75) is 32.8 Å². The van der Waals surface area contributed by atoms with Gasteiger partial charge in [-0.2, -0.15) is 0 Å². The maximum atomic E-state index is 8.72. The number of nitrogen functional groups attached to an aromatic ring is 1. The zero-order valence-corrected chi connectivity index (χ0v) is 14.4. The van der Waals surface area contributed by atoms with E-state index < -0.39 is 0 Å². The largest absolute Gasteiger partial charge is 0.487 e. The molecule has 0 saturated heterocycles. The van der Waals surface area contributed by atoms with Crippen molar-refractivity contribution in [2.75, 3.05) is 25.4 Å². The zero-order chi connectivity index (χ0) is 17.2. The van der Waals surface area contributed by atoms with Gasteiger partial charge in [-0.05, 0) is 62.5 Å². The molecule has 4 nitrogen and oxygen atoms in total. The van der Waals surface area contributed by atoms with Gasteiger partial charge in [0.25, 0.3) is 0 Å². The predicted molar refractivity (Wildman–Crippen MR) is 99.3 cm³/mol. The van der Waals surface area contributed by atoms with Crippen molar-refractivity contribution in [3.8, 4) is 5.75 Å². The quantitative estimate of drug-likeness (QED) is 0.463. The highest BCUT2D eigenvalue weighted by atomic mass is 16.5. The average Bonchev–Trinajstić information content (AvgIpc) is 2.59. The fourth-order valence-electron chi connectivity index (χ4n) is 2.48. The molecule has 0 bridgehead atoms. The molecule has 0 amide bonds. The highest BCUT2D eigenvalue weighted by molar-refractivity contribution is 5.54. The first-order valence-electron chi connectivity index (χ1n) is 8.57. The fourth-order valence-corrected chi connectivity index (χ4v) is 2.48. The van der Waals surface area contributed by atoms with E-state index in [1.807, 2.05) is 12.1 Å². The summed E-state index contributed by atoms with van der Waals surface area (Å²) in [6.07, 6.45) is 2.84. The van der Waals surface area contributed by atoms with Crippen LogP contribution in [0.4, 0.5) is 5.69 Å². The monoisotopic (exact) mass is 328 g/mol. The Balaban J connectivity index is 1.77. The third-order valence-corrected chi connectivity index (χ3v) is 3.92. The molecule has 0 saturated carbocycles. The second-order valence-corrected chi connectivity index (χ2v) is 6.08. The van der Waals surface area contributed by atoms with Gasteiger partial charge in [-0.25, -0.2) is 0 Å². The minimum Gasteiger partial charge on any atom is -0.487 e. The molecular weight excluding hydrogens is 300 g/mol. The Hall–Kier alpha value is -2.04. The molecule has 0 heterocycles. The second kappa shape index (κ2) is 9.96. The van der Waals surface area contributed by atoms with Crippen molar-refractivity contribution in [2.24, 2.45) is 0 Å². The van der Waals surface area contributed by atoms with Gasteiger partial charge in [0.2, 0.25) is 0 Å². The summed E-state index contributed by atoms with van der Waals surface area (Å²) in [4.78, 5) is 0. The minimum atomic E-state index is 0.244. The molecule has 0 aromatic heterocycles. The Bertz CT molecular complexity index is 612. The van der Waals surface area contributed by atoms with Gasteiger partial charge in [0.05, 0.1) is 5.69 Å². The van der Waals surface area contributed by atoms with Crippen LogP contribution in [0, 0.1) is 6.92 Å². The number of ether oxygens (including phenoxy) is 1. The summed E-state index contributed by atoms with van der Waals surface area (Å²) in [5.74, 6) is 0.736. The van der Waals surface area contributed by atoms with E-state index in [9.17, 15) is 0 Å². The summed E-state index contributed by atoms with van der Waals surface area (Å²) in [6, 6.07) is 14.3. The molecule has 4 heteroatoms. The number of nitrogens with two attached hydrogens (primary N) is 1. The molecular formula is C20H28N2O2. The molecule has 130 valence electrons. The fraction of sp³-hybridized carbons (Fsp3) is 0.400. The van der Waals surface area contributed by atoms with Crippen molar-refractivity contribution in [1.82, 2.24) is 5.32 Å². The number of rotatable bonds is 10. The van der Waals surface area contributed by atoms with E-state index in [1.165, 1.54) is 11.1 Å². The number of hydrogen-bond acceptors (Lipinski definition) is 4. The van der Waals surface area contributed by atoms with Crippen LogP contribution in [0.2, 0.25) is 0 Å². The van der Waals surface area contributed by atoms with Crippen molar-refractivity contribution in [3.05, 3.63) is 59.2 Å². The summed E-state index contributed by atoms with van der Waals surface area (Å²) >= 11 is 0. The normalized spacial score (nSPS) is 10.8. The molecule has 2 rings (SSSR count). The Morgan fingerprint density at radius 2 is 1.71 bits per heavy atom. The summed E-state index contributed by atoms with van der Waals surface area (Å²) in [5.41, 5.74) is 10.4. The van der Waals surface area contributed by atoms with E-state index in [-0.39, 0.29) is 6.61 Å². The molecule has 0 fully saturated rings. The van der Waals surface area contributed by atoms with Crippen LogP contribution in [-0.2, 0) is 13.0 Å². The van der Waals surface area contributed by atoms with Gasteiger partial charge in [-0.15, -0.1) is 0 Å². The number of aliphatic hydroxyl groups is 1. The first kappa shape index (κ1) is 18.3. The summed E-state index contributed by atoms with van der Waals surface area (Å²) in [7, 11) is 0. The zero-order valence-electron chi connectivity index (χ0n) is 14.4. The molecule has 0 aliphatic carbocycles. The van der Waals surface area contributed by atoms with Gasteiger partial charge in [0.15, 0.2) is 0 Å². The van der Waals surface area contributed by atoms with Crippen molar-refractivity contribution in [1.29, 1.82) is 0 Å². The van der Waals surface area contributed by atoms with Crippen LogP contribution in [0.15, 0.2) is 42.5 Å². The van der Waals surface area contributed by atoms with Gasteiger partial charge in [-0.1, -0.05) is 35.9 Å². The van der Waals surface area contributed by atoms with E-state index in [0.717, 1.165) is 43.7 Å². The van der Waals surface area contributed by atoms with Crippen LogP contribution in [0.25, 0.3) is 0 Å². The lowest BCUT2D eigenvalue weighted by atomic mass is 10.1. The topological polar surface area (TPSA) is 67.5 Å². The maximum Gasteiger partial charge on any atom is 0.142 e. The molecule has 2 aromatic rings. The van der Waals surface area contributed by atoms with E-state index >= 15 is 0 Å². The summed E-state index contributed by atoms with van der Waals surface area (Å²) < 4.78 is 5.83. The lowest BCUT2D eigenvalue weighted by molar-refractivity contribution is 0.286. The number of anilines is 1. The van der Waals surface area contributed by atoms with Gasteiger partial charge >= 0.3 is 0 Å². The molecule has 2 aromatic carbocycles. The van der Waals surface area contributed by atoms with Gasteiger partial charge in [0.1, 0.15) is 12.4 Å². The standard InChI is InChI=1S/C20H28N2O2/c1-16-5-7-18(8-6-16)15-24-20-10-9-17(14-19(20)21)4-2-11-22-12-3-13-23/h5-10,14,22-23H,2-4,11-13,15,21H2,1H3. The number of aryl methyl sites for hydroxylation is 2. The van der Waals surface area contributed by atoms with Crippen LogP contribution >= 0.6 is 0 Å². The molecule has 0 spiro atoms.